The summed E-state index contributed by atoms with van der Waals surface area (Å²) in [5.74, 6) is 1.93. The summed E-state index contributed by atoms with van der Waals surface area (Å²) in [5.41, 5.74) is 6.04. The van der Waals surface area contributed by atoms with Crippen molar-refractivity contribution >= 4 is 33.6 Å². The summed E-state index contributed by atoms with van der Waals surface area (Å²) in [5, 5.41) is 0. The van der Waals surface area contributed by atoms with Gasteiger partial charge in [-0.25, -0.2) is 9.97 Å². The fourth-order valence-corrected chi connectivity index (χ4v) is 3.64. The highest BCUT2D eigenvalue weighted by atomic mass is 15.2. The maximum absolute atomic E-state index is 4.45. The average Bonchev–Trinajstić information content (AvgIpc) is 3.18. The van der Waals surface area contributed by atoms with E-state index in [0.29, 0.717) is 0 Å². The van der Waals surface area contributed by atoms with Gasteiger partial charge in [0.1, 0.15) is 0 Å². The Morgan fingerprint density at radius 2 is 1.29 bits per heavy atom. The number of fused-ring (bicyclic) bond motifs is 6. The van der Waals surface area contributed by atoms with Crippen LogP contribution in [-0.4, -0.2) is 27.9 Å². The molecule has 0 N–H and O–H groups in total. The quantitative estimate of drug-likeness (QED) is 0.436. The van der Waals surface area contributed by atoms with Gasteiger partial charge in [-0.05, 0) is 13.0 Å². The van der Waals surface area contributed by atoms with Gasteiger partial charge in [0.25, 0.3) is 0 Å². The summed E-state index contributed by atoms with van der Waals surface area (Å²) >= 11 is 0. The van der Waals surface area contributed by atoms with Crippen LogP contribution in [0.4, 0.5) is 0 Å². The summed E-state index contributed by atoms with van der Waals surface area (Å²) in [6.45, 7) is 2.17. The van der Waals surface area contributed by atoms with E-state index in [1.54, 1.807) is 0 Å². The van der Waals surface area contributed by atoms with Gasteiger partial charge < -0.3 is 9.13 Å². The van der Waals surface area contributed by atoms with Crippen LogP contribution in [0.5, 0.6) is 0 Å². The Morgan fingerprint density at radius 1 is 0.810 bits per heavy atom. The van der Waals surface area contributed by atoms with Crippen molar-refractivity contribution in [1.82, 2.24) is 27.9 Å². The van der Waals surface area contributed by atoms with E-state index in [-0.39, 0.29) is 0 Å². The Bertz CT molecular complexity index is 1070. The third-order valence-corrected chi connectivity index (χ3v) is 4.50. The lowest BCUT2D eigenvalue weighted by atomic mass is 10.1. The second kappa shape index (κ2) is 3.28. The minimum absolute atomic E-state index is 0.963. The van der Waals surface area contributed by atoms with E-state index in [2.05, 4.69) is 55.0 Å². The largest absolute Gasteiger partial charge is 0.312 e. The minimum atomic E-state index is 0.963. The number of imidazole rings is 4. The maximum atomic E-state index is 4.45. The molecule has 0 bridgehead atoms. The topological polar surface area (TPSA) is 44.5 Å². The zero-order chi connectivity index (χ0) is 14.3. The fraction of sp³-hybridized carbons (Fsp3) is 0.200. The number of hydrogen-bond acceptors (Lipinski definition) is 2. The Morgan fingerprint density at radius 3 is 1.76 bits per heavy atom. The average molecular weight is 278 g/mol. The van der Waals surface area contributed by atoms with E-state index >= 15 is 0 Å². The zero-order valence-corrected chi connectivity index (χ0v) is 12.1. The molecule has 4 heterocycles. The Kier molecular flexibility index (Phi) is 1.71. The molecular formula is C15H14N6. The van der Waals surface area contributed by atoms with Crippen molar-refractivity contribution in [2.75, 3.05) is 0 Å². The van der Waals surface area contributed by atoms with Crippen molar-refractivity contribution in [3.05, 3.63) is 36.4 Å². The molecule has 0 amide bonds. The van der Waals surface area contributed by atoms with Crippen LogP contribution in [0.1, 0.15) is 5.56 Å². The molecule has 0 aliphatic rings. The highest BCUT2D eigenvalue weighted by Gasteiger charge is 2.18. The van der Waals surface area contributed by atoms with Crippen molar-refractivity contribution in [3.63, 3.8) is 0 Å². The lowest BCUT2D eigenvalue weighted by Crippen LogP contribution is -1.94. The smallest absolute Gasteiger partial charge is 0.214 e. The summed E-state index contributed by atoms with van der Waals surface area (Å²) in [6.07, 6.45) is 7.70. The summed E-state index contributed by atoms with van der Waals surface area (Å²) in [7, 11) is 4.13. The van der Waals surface area contributed by atoms with Crippen LogP contribution in [-0.2, 0) is 14.1 Å². The van der Waals surface area contributed by atoms with Gasteiger partial charge in [-0.2, -0.15) is 0 Å². The van der Waals surface area contributed by atoms with Gasteiger partial charge in [0.15, 0.2) is 0 Å². The molecule has 0 unspecified atom stereocenters. The van der Waals surface area contributed by atoms with Crippen molar-refractivity contribution < 1.29 is 0 Å². The molecular weight excluding hydrogens is 264 g/mol. The van der Waals surface area contributed by atoms with Gasteiger partial charge in [0.05, 0.1) is 22.1 Å². The molecule has 4 aromatic heterocycles. The minimum Gasteiger partial charge on any atom is -0.312 e. The van der Waals surface area contributed by atoms with E-state index < -0.39 is 0 Å². The number of nitrogens with zero attached hydrogens (tertiary/aromatic N) is 6. The molecule has 0 atom stereocenters. The second-order valence-electron chi connectivity index (χ2n) is 5.55. The summed E-state index contributed by atoms with van der Waals surface area (Å²) in [6, 6.07) is 2.22. The third-order valence-electron chi connectivity index (χ3n) is 4.50. The Balaban J connectivity index is 2.19. The molecule has 21 heavy (non-hydrogen) atoms. The summed E-state index contributed by atoms with van der Waals surface area (Å²) < 4.78 is 8.58. The van der Waals surface area contributed by atoms with Crippen molar-refractivity contribution in [2.24, 2.45) is 14.1 Å². The lowest BCUT2D eigenvalue weighted by molar-refractivity contribution is 0.954. The van der Waals surface area contributed by atoms with Crippen LogP contribution < -0.4 is 0 Å². The van der Waals surface area contributed by atoms with E-state index in [4.69, 9.17) is 0 Å². The first-order valence-electron chi connectivity index (χ1n) is 6.91. The Labute approximate surface area is 119 Å². The summed E-state index contributed by atoms with van der Waals surface area (Å²) in [4.78, 5) is 8.89. The molecule has 0 aliphatic heterocycles. The highest BCUT2D eigenvalue weighted by molar-refractivity contribution is 5.99. The SMILES string of the molecule is Cc1c2c(cc3c1n(C)c1nccn31)n1ccnc1n2C. The molecule has 6 heteroatoms. The zero-order valence-electron chi connectivity index (χ0n) is 12.1. The van der Waals surface area contributed by atoms with E-state index in [9.17, 15) is 0 Å². The van der Waals surface area contributed by atoms with Gasteiger partial charge in [-0.3, -0.25) is 8.80 Å². The van der Waals surface area contributed by atoms with Crippen molar-refractivity contribution in [3.8, 4) is 0 Å². The predicted octanol–water partition coefficient (Wildman–Crippen LogP) is 2.27. The van der Waals surface area contributed by atoms with E-state index in [1.165, 1.54) is 27.6 Å². The van der Waals surface area contributed by atoms with Crippen molar-refractivity contribution in [2.45, 2.75) is 6.92 Å². The van der Waals surface area contributed by atoms with Crippen molar-refractivity contribution in [1.29, 1.82) is 0 Å². The van der Waals surface area contributed by atoms with Gasteiger partial charge in [0.2, 0.25) is 11.6 Å². The first-order valence-corrected chi connectivity index (χ1v) is 6.91. The lowest BCUT2D eigenvalue weighted by Gasteiger charge is -2.04. The molecule has 0 fully saturated rings. The van der Waals surface area contributed by atoms with Crippen LogP contribution >= 0.6 is 0 Å². The van der Waals surface area contributed by atoms with E-state index in [0.717, 1.165) is 11.6 Å². The molecule has 5 rings (SSSR count). The molecule has 0 aliphatic carbocycles. The molecule has 6 nitrogen and oxygen atoms in total. The molecule has 1 aromatic carbocycles. The van der Waals surface area contributed by atoms with Crippen LogP contribution in [0.2, 0.25) is 0 Å². The molecule has 0 saturated carbocycles. The molecule has 104 valence electrons. The predicted molar refractivity (Wildman–Crippen MR) is 81.6 cm³/mol. The van der Waals surface area contributed by atoms with Gasteiger partial charge >= 0.3 is 0 Å². The Hall–Kier alpha value is -2.76. The normalized spacial score (nSPS) is 12.5. The van der Waals surface area contributed by atoms with Crippen LogP contribution in [0.15, 0.2) is 30.9 Å². The number of aryl methyl sites for hydroxylation is 3. The standard InChI is InChI=1S/C15H14N6/c1-9-12-10(20-6-4-16-14(20)18(12)2)8-11-13(9)19(3)15-17-5-7-21(11)15/h4-8H,1-3H3. The van der Waals surface area contributed by atoms with E-state index in [1.807, 2.05) is 24.8 Å². The van der Waals surface area contributed by atoms with Gasteiger partial charge in [-0.1, -0.05) is 0 Å². The molecule has 5 aromatic rings. The number of aromatic nitrogens is 6. The first-order chi connectivity index (χ1) is 10.2. The highest BCUT2D eigenvalue weighted by Crippen LogP contribution is 2.31. The third kappa shape index (κ3) is 1.07. The maximum Gasteiger partial charge on any atom is 0.214 e. The molecule has 0 spiro atoms. The van der Waals surface area contributed by atoms with Crippen LogP contribution in [0, 0.1) is 6.92 Å². The van der Waals surface area contributed by atoms with Crippen LogP contribution in [0.3, 0.4) is 0 Å². The first kappa shape index (κ1) is 11.0. The monoisotopic (exact) mass is 278 g/mol. The van der Waals surface area contributed by atoms with Gasteiger partial charge in [0, 0.05) is 44.4 Å². The number of benzene rings is 1. The molecule has 0 radical (unpaired) electrons. The second-order valence-corrected chi connectivity index (χ2v) is 5.55. The number of rotatable bonds is 0. The molecule has 0 saturated heterocycles. The number of hydrogen-bond donors (Lipinski definition) is 0. The van der Waals surface area contributed by atoms with Gasteiger partial charge in [-0.15, -0.1) is 0 Å². The van der Waals surface area contributed by atoms with Crippen LogP contribution in [0.25, 0.3) is 33.6 Å². The fourth-order valence-electron chi connectivity index (χ4n) is 3.64.